The van der Waals surface area contributed by atoms with Gasteiger partial charge in [0.15, 0.2) is 10.9 Å². The van der Waals surface area contributed by atoms with Crippen molar-refractivity contribution in [3.63, 3.8) is 0 Å². The minimum atomic E-state index is -0.00838. The van der Waals surface area contributed by atoms with Crippen LogP contribution in [0.2, 0.25) is 0 Å². The third kappa shape index (κ3) is 3.99. The number of anilines is 1. The first-order chi connectivity index (χ1) is 17.1. The van der Waals surface area contributed by atoms with Crippen molar-refractivity contribution < 1.29 is 0 Å². The molecule has 0 aliphatic heterocycles. The number of benzene rings is 3. The first-order valence-corrected chi connectivity index (χ1v) is 12.9. The minimum absolute atomic E-state index is 0.00838. The number of aromatic amines is 2. The molecule has 0 fully saturated rings. The van der Waals surface area contributed by atoms with Crippen molar-refractivity contribution in [3.05, 3.63) is 74.5 Å². The summed E-state index contributed by atoms with van der Waals surface area (Å²) in [5.41, 5.74) is 5.12. The van der Waals surface area contributed by atoms with Gasteiger partial charge >= 0.3 is 0 Å². The van der Waals surface area contributed by atoms with Crippen LogP contribution in [0.4, 0.5) is 5.69 Å². The topological polar surface area (TPSA) is 69.0 Å². The number of para-hydroxylation sites is 1. The Labute approximate surface area is 204 Å². The highest BCUT2D eigenvalue weighted by atomic mass is 16.1. The van der Waals surface area contributed by atoms with Crippen molar-refractivity contribution in [2.75, 3.05) is 18.0 Å². The molecular formula is C30H33N3O2. The number of aromatic nitrogens is 2. The fourth-order valence-corrected chi connectivity index (χ4v) is 5.22. The standard InChI is InChI=1S/C30H33N3O2/c1-4-7-15-33(16-8-5-2)19-13-14-22-25(17-19)31-26-18-23-28(20(6-3)27(26)30(22)35)32-24-12-10-9-11-21(24)29(23)34/h9-14,17-18H,4-8,15-16H2,1-3H3,(H,31,35)(H,32,34). The van der Waals surface area contributed by atoms with E-state index in [1.165, 1.54) is 0 Å². The van der Waals surface area contributed by atoms with Gasteiger partial charge in [-0.2, -0.15) is 0 Å². The third-order valence-corrected chi connectivity index (χ3v) is 7.13. The summed E-state index contributed by atoms with van der Waals surface area (Å²) >= 11 is 0. The van der Waals surface area contributed by atoms with Crippen LogP contribution in [0.25, 0.3) is 43.6 Å². The Bertz CT molecular complexity index is 1650. The van der Waals surface area contributed by atoms with E-state index in [0.717, 1.165) is 72.1 Å². The normalized spacial score (nSPS) is 11.7. The van der Waals surface area contributed by atoms with Gasteiger partial charge in [-0.1, -0.05) is 45.7 Å². The van der Waals surface area contributed by atoms with Crippen molar-refractivity contribution in [1.29, 1.82) is 0 Å². The van der Waals surface area contributed by atoms with Crippen LogP contribution in [-0.4, -0.2) is 23.1 Å². The number of H-pyrrole nitrogens is 2. The van der Waals surface area contributed by atoms with Crippen molar-refractivity contribution in [2.45, 2.75) is 52.9 Å². The van der Waals surface area contributed by atoms with Crippen LogP contribution >= 0.6 is 0 Å². The summed E-state index contributed by atoms with van der Waals surface area (Å²) in [6.07, 6.45) is 5.22. The minimum Gasteiger partial charge on any atom is -0.371 e. The van der Waals surface area contributed by atoms with Crippen LogP contribution in [0, 0.1) is 0 Å². The molecule has 0 saturated heterocycles. The van der Waals surface area contributed by atoms with Gasteiger partial charge < -0.3 is 14.9 Å². The van der Waals surface area contributed by atoms with Crippen LogP contribution in [0.1, 0.15) is 52.0 Å². The summed E-state index contributed by atoms with van der Waals surface area (Å²) in [5.74, 6) is 0. The number of unbranched alkanes of at least 4 members (excludes halogenated alkanes) is 2. The predicted molar refractivity (Wildman–Crippen MR) is 149 cm³/mol. The first kappa shape index (κ1) is 23.2. The van der Waals surface area contributed by atoms with E-state index >= 15 is 0 Å². The molecule has 2 aromatic heterocycles. The predicted octanol–water partition coefficient (Wildman–Crippen LogP) is 6.65. The number of rotatable bonds is 8. The molecule has 5 aromatic rings. The number of hydrogen-bond donors (Lipinski definition) is 2. The Morgan fingerprint density at radius 3 is 2.14 bits per heavy atom. The van der Waals surface area contributed by atoms with E-state index in [2.05, 4.69) is 40.8 Å². The van der Waals surface area contributed by atoms with Gasteiger partial charge in [-0.3, -0.25) is 9.59 Å². The van der Waals surface area contributed by atoms with Gasteiger partial charge in [0.05, 0.1) is 21.9 Å². The summed E-state index contributed by atoms with van der Waals surface area (Å²) < 4.78 is 0. The highest BCUT2D eigenvalue weighted by molar-refractivity contribution is 6.05. The van der Waals surface area contributed by atoms with Crippen molar-refractivity contribution in [2.24, 2.45) is 0 Å². The molecule has 0 saturated carbocycles. The van der Waals surface area contributed by atoms with E-state index in [4.69, 9.17) is 0 Å². The Morgan fingerprint density at radius 2 is 1.43 bits per heavy atom. The van der Waals surface area contributed by atoms with E-state index in [0.29, 0.717) is 28.0 Å². The number of aryl methyl sites for hydroxylation is 1. The lowest BCUT2D eigenvalue weighted by molar-refractivity contribution is 0.678. The zero-order valence-corrected chi connectivity index (χ0v) is 20.8. The molecular weight excluding hydrogens is 434 g/mol. The molecule has 0 aliphatic carbocycles. The second kappa shape index (κ2) is 9.57. The molecule has 5 nitrogen and oxygen atoms in total. The summed E-state index contributed by atoms with van der Waals surface area (Å²) in [7, 11) is 0. The molecule has 5 rings (SSSR count). The molecule has 180 valence electrons. The lowest BCUT2D eigenvalue weighted by atomic mass is 9.98. The second-order valence-corrected chi connectivity index (χ2v) is 9.43. The zero-order valence-electron chi connectivity index (χ0n) is 20.8. The van der Waals surface area contributed by atoms with Gasteiger partial charge in [0, 0.05) is 40.5 Å². The van der Waals surface area contributed by atoms with Gasteiger partial charge in [-0.25, -0.2) is 0 Å². The second-order valence-electron chi connectivity index (χ2n) is 9.43. The summed E-state index contributed by atoms with van der Waals surface area (Å²) in [4.78, 5) is 36.5. The molecule has 5 heteroatoms. The van der Waals surface area contributed by atoms with Crippen molar-refractivity contribution >= 4 is 49.3 Å². The lowest BCUT2D eigenvalue weighted by Crippen LogP contribution is -2.25. The smallest absolute Gasteiger partial charge is 0.197 e. The van der Waals surface area contributed by atoms with Gasteiger partial charge in [0.25, 0.3) is 0 Å². The maximum Gasteiger partial charge on any atom is 0.197 e. The summed E-state index contributed by atoms with van der Waals surface area (Å²) in [6.45, 7) is 8.47. The number of hydrogen-bond acceptors (Lipinski definition) is 3. The fraction of sp³-hybridized carbons (Fsp3) is 0.333. The van der Waals surface area contributed by atoms with Crippen molar-refractivity contribution in [3.8, 4) is 0 Å². The third-order valence-electron chi connectivity index (χ3n) is 7.13. The van der Waals surface area contributed by atoms with Gasteiger partial charge in [-0.05, 0) is 61.2 Å². The number of fused-ring (bicyclic) bond motifs is 4. The Balaban J connectivity index is 1.78. The summed E-state index contributed by atoms with van der Waals surface area (Å²) in [5, 5.41) is 2.63. The van der Waals surface area contributed by atoms with E-state index in [1.54, 1.807) is 0 Å². The first-order valence-electron chi connectivity index (χ1n) is 12.9. The summed E-state index contributed by atoms with van der Waals surface area (Å²) in [6, 6.07) is 15.5. The SMILES string of the molecule is CCCCN(CCCC)c1ccc2c(=O)c3c(CC)c4[nH]c5ccccc5c(=O)c4cc3[nH]c2c1. The van der Waals surface area contributed by atoms with E-state index in [-0.39, 0.29) is 10.9 Å². The Kier molecular flexibility index (Phi) is 6.33. The fourth-order valence-electron chi connectivity index (χ4n) is 5.22. The van der Waals surface area contributed by atoms with Gasteiger partial charge in [0.2, 0.25) is 0 Å². The van der Waals surface area contributed by atoms with E-state index < -0.39 is 0 Å². The average Bonchev–Trinajstić information content (AvgIpc) is 2.88. The highest BCUT2D eigenvalue weighted by Crippen LogP contribution is 2.28. The van der Waals surface area contributed by atoms with Crippen LogP contribution in [0.3, 0.4) is 0 Å². The molecule has 0 aliphatic rings. The van der Waals surface area contributed by atoms with Gasteiger partial charge in [-0.15, -0.1) is 0 Å². The maximum atomic E-state index is 13.8. The maximum absolute atomic E-state index is 13.8. The molecule has 0 atom stereocenters. The molecule has 0 radical (unpaired) electrons. The van der Waals surface area contributed by atoms with Gasteiger partial charge in [0.1, 0.15) is 0 Å². The average molecular weight is 468 g/mol. The number of nitrogens with one attached hydrogen (secondary N) is 2. The van der Waals surface area contributed by atoms with Crippen LogP contribution < -0.4 is 15.8 Å². The Hall–Kier alpha value is -3.60. The van der Waals surface area contributed by atoms with Crippen LogP contribution in [0.15, 0.2) is 58.1 Å². The largest absolute Gasteiger partial charge is 0.371 e. The molecule has 0 amide bonds. The van der Waals surface area contributed by atoms with Crippen LogP contribution in [0.5, 0.6) is 0 Å². The Morgan fingerprint density at radius 1 is 0.714 bits per heavy atom. The molecule has 35 heavy (non-hydrogen) atoms. The molecule has 2 heterocycles. The monoisotopic (exact) mass is 467 g/mol. The molecule has 0 bridgehead atoms. The molecule has 0 unspecified atom stereocenters. The molecule has 0 spiro atoms. The van der Waals surface area contributed by atoms with E-state index in [1.807, 2.05) is 43.3 Å². The lowest BCUT2D eigenvalue weighted by Gasteiger charge is -2.25. The zero-order chi connectivity index (χ0) is 24.5. The number of pyridine rings is 2. The quantitative estimate of drug-likeness (QED) is 0.251. The molecule has 3 aromatic carbocycles. The number of nitrogens with zero attached hydrogens (tertiary/aromatic N) is 1. The highest BCUT2D eigenvalue weighted by Gasteiger charge is 2.17. The van der Waals surface area contributed by atoms with Crippen LogP contribution in [-0.2, 0) is 6.42 Å². The molecule has 2 N–H and O–H groups in total. The van der Waals surface area contributed by atoms with E-state index in [9.17, 15) is 9.59 Å². The van der Waals surface area contributed by atoms with Crippen molar-refractivity contribution in [1.82, 2.24) is 9.97 Å².